The Balaban J connectivity index is 1.71. The molecule has 0 aromatic carbocycles. The summed E-state index contributed by atoms with van der Waals surface area (Å²) < 4.78 is 5.74. The minimum atomic E-state index is 0.110. The second-order valence-electron chi connectivity index (χ2n) is 6.24. The van der Waals surface area contributed by atoms with Crippen molar-refractivity contribution in [1.29, 1.82) is 0 Å². The van der Waals surface area contributed by atoms with E-state index in [2.05, 4.69) is 24.2 Å². The van der Waals surface area contributed by atoms with Gasteiger partial charge in [0.1, 0.15) is 0 Å². The quantitative estimate of drug-likeness (QED) is 0.845. The Morgan fingerprint density at radius 1 is 1.37 bits per heavy atom. The van der Waals surface area contributed by atoms with Crippen LogP contribution >= 0.6 is 0 Å². The van der Waals surface area contributed by atoms with Crippen molar-refractivity contribution in [2.45, 2.75) is 57.6 Å². The van der Waals surface area contributed by atoms with E-state index >= 15 is 0 Å². The molecule has 0 aromatic heterocycles. The zero-order valence-electron chi connectivity index (χ0n) is 12.4. The molecule has 0 bridgehead atoms. The number of ether oxygens (including phenoxy) is 1. The van der Waals surface area contributed by atoms with Crippen LogP contribution in [0.2, 0.25) is 0 Å². The monoisotopic (exact) mass is 268 g/mol. The van der Waals surface area contributed by atoms with Crippen molar-refractivity contribution >= 4 is 5.91 Å². The molecule has 1 saturated heterocycles. The van der Waals surface area contributed by atoms with Gasteiger partial charge in [-0.2, -0.15) is 0 Å². The SMILES string of the molecule is C[C@H](NC(=O)CC1CCCCC1)[C@H]1CN(C)CCO1. The van der Waals surface area contributed by atoms with Gasteiger partial charge in [0.2, 0.25) is 5.91 Å². The summed E-state index contributed by atoms with van der Waals surface area (Å²) in [5, 5.41) is 3.13. The van der Waals surface area contributed by atoms with Crippen molar-refractivity contribution in [3.8, 4) is 0 Å². The molecule has 2 fully saturated rings. The highest BCUT2D eigenvalue weighted by molar-refractivity contribution is 5.76. The van der Waals surface area contributed by atoms with E-state index in [1.54, 1.807) is 0 Å². The minimum Gasteiger partial charge on any atom is -0.373 e. The van der Waals surface area contributed by atoms with Crippen LogP contribution in [0.3, 0.4) is 0 Å². The topological polar surface area (TPSA) is 41.6 Å². The third-order valence-electron chi connectivity index (χ3n) is 4.44. The summed E-state index contributed by atoms with van der Waals surface area (Å²) in [5.74, 6) is 0.812. The average molecular weight is 268 g/mol. The number of carbonyl (C=O) groups excluding carboxylic acids is 1. The van der Waals surface area contributed by atoms with Gasteiger partial charge in [0, 0.05) is 19.5 Å². The fourth-order valence-electron chi connectivity index (χ4n) is 3.17. The predicted octanol–water partition coefficient (Wildman–Crippen LogP) is 1.79. The molecule has 4 heteroatoms. The molecular formula is C15H28N2O2. The van der Waals surface area contributed by atoms with Crippen LogP contribution in [-0.2, 0) is 9.53 Å². The molecule has 0 unspecified atom stereocenters. The Kier molecular flexibility index (Phi) is 5.64. The van der Waals surface area contributed by atoms with Gasteiger partial charge in [-0.05, 0) is 32.7 Å². The molecule has 0 radical (unpaired) electrons. The molecule has 2 atom stereocenters. The molecule has 1 amide bonds. The number of likely N-dealkylation sites (N-methyl/N-ethyl adjacent to an activating group) is 1. The molecule has 0 spiro atoms. The van der Waals surface area contributed by atoms with Crippen molar-refractivity contribution < 1.29 is 9.53 Å². The number of rotatable bonds is 4. The van der Waals surface area contributed by atoms with Gasteiger partial charge in [-0.25, -0.2) is 0 Å². The Morgan fingerprint density at radius 3 is 2.79 bits per heavy atom. The first-order chi connectivity index (χ1) is 9.15. The number of hydrogen-bond donors (Lipinski definition) is 1. The predicted molar refractivity (Wildman–Crippen MR) is 76.0 cm³/mol. The highest BCUT2D eigenvalue weighted by Gasteiger charge is 2.25. The molecule has 2 rings (SSSR count). The van der Waals surface area contributed by atoms with Gasteiger partial charge in [-0.1, -0.05) is 19.3 Å². The van der Waals surface area contributed by atoms with E-state index in [4.69, 9.17) is 4.74 Å². The summed E-state index contributed by atoms with van der Waals surface area (Å²) in [7, 11) is 2.10. The number of nitrogens with one attached hydrogen (secondary N) is 1. The van der Waals surface area contributed by atoms with Crippen molar-refractivity contribution in [2.75, 3.05) is 26.7 Å². The number of carbonyl (C=O) groups is 1. The van der Waals surface area contributed by atoms with Crippen LogP contribution in [0.5, 0.6) is 0 Å². The summed E-state index contributed by atoms with van der Waals surface area (Å²) >= 11 is 0. The molecular weight excluding hydrogens is 240 g/mol. The largest absolute Gasteiger partial charge is 0.373 e. The van der Waals surface area contributed by atoms with E-state index in [1.165, 1.54) is 32.1 Å². The second-order valence-corrected chi connectivity index (χ2v) is 6.24. The summed E-state index contributed by atoms with van der Waals surface area (Å²) in [6, 6.07) is 0.110. The van der Waals surface area contributed by atoms with E-state index < -0.39 is 0 Å². The van der Waals surface area contributed by atoms with Crippen molar-refractivity contribution in [2.24, 2.45) is 5.92 Å². The first-order valence-corrected chi connectivity index (χ1v) is 7.74. The lowest BCUT2D eigenvalue weighted by Gasteiger charge is -2.34. The number of hydrogen-bond acceptors (Lipinski definition) is 3. The van der Waals surface area contributed by atoms with Crippen LogP contribution < -0.4 is 5.32 Å². The normalized spacial score (nSPS) is 28.0. The fourth-order valence-corrected chi connectivity index (χ4v) is 3.17. The van der Waals surface area contributed by atoms with Crippen molar-refractivity contribution in [3.63, 3.8) is 0 Å². The third kappa shape index (κ3) is 4.77. The van der Waals surface area contributed by atoms with Crippen molar-refractivity contribution in [3.05, 3.63) is 0 Å². The summed E-state index contributed by atoms with van der Waals surface area (Å²) in [5.41, 5.74) is 0. The van der Waals surface area contributed by atoms with Gasteiger partial charge in [-0.3, -0.25) is 4.79 Å². The zero-order chi connectivity index (χ0) is 13.7. The Bertz CT molecular complexity index is 290. The lowest BCUT2D eigenvalue weighted by molar-refractivity contribution is -0.124. The second kappa shape index (κ2) is 7.25. The van der Waals surface area contributed by atoms with Crippen LogP contribution in [-0.4, -0.2) is 49.7 Å². The lowest BCUT2D eigenvalue weighted by Crippen LogP contribution is -2.51. The fraction of sp³-hybridized carbons (Fsp3) is 0.933. The maximum absolute atomic E-state index is 12.1. The van der Waals surface area contributed by atoms with Crippen LogP contribution in [0, 0.1) is 5.92 Å². The van der Waals surface area contributed by atoms with Crippen LogP contribution in [0.25, 0.3) is 0 Å². The average Bonchev–Trinajstić information content (AvgIpc) is 2.39. The molecule has 4 nitrogen and oxygen atoms in total. The minimum absolute atomic E-state index is 0.110. The highest BCUT2D eigenvalue weighted by Crippen LogP contribution is 2.26. The van der Waals surface area contributed by atoms with E-state index in [-0.39, 0.29) is 18.1 Å². The number of morpholine rings is 1. The number of nitrogens with zero attached hydrogens (tertiary/aromatic N) is 1. The van der Waals surface area contributed by atoms with Gasteiger partial charge in [0.15, 0.2) is 0 Å². The number of amides is 1. The maximum Gasteiger partial charge on any atom is 0.220 e. The van der Waals surface area contributed by atoms with Gasteiger partial charge in [-0.15, -0.1) is 0 Å². The highest BCUT2D eigenvalue weighted by atomic mass is 16.5. The van der Waals surface area contributed by atoms with E-state index in [1.807, 2.05) is 0 Å². The van der Waals surface area contributed by atoms with Gasteiger partial charge in [0.05, 0.1) is 18.8 Å². The first-order valence-electron chi connectivity index (χ1n) is 7.74. The Hall–Kier alpha value is -0.610. The van der Waals surface area contributed by atoms with Crippen LogP contribution in [0.4, 0.5) is 0 Å². The molecule has 1 heterocycles. The molecule has 1 N–H and O–H groups in total. The smallest absolute Gasteiger partial charge is 0.220 e. The molecule has 19 heavy (non-hydrogen) atoms. The van der Waals surface area contributed by atoms with Gasteiger partial charge < -0.3 is 15.0 Å². The summed E-state index contributed by atoms with van der Waals surface area (Å²) in [6.45, 7) is 4.72. The van der Waals surface area contributed by atoms with Gasteiger partial charge in [0.25, 0.3) is 0 Å². The van der Waals surface area contributed by atoms with Gasteiger partial charge >= 0.3 is 0 Å². The zero-order valence-corrected chi connectivity index (χ0v) is 12.4. The standard InChI is InChI=1S/C15H28N2O2/c1-12(14-11-17(2)8-9-19-14)16-15(18)10-13-6-4-3-5-7-13/h12-14H,3-11H2,1-2H3,(H,16,18)/t12-,14+/m0/s1. The van der Waals surface area contributed by atoms with Crippen LogP contribution in [0.15, 0.2) is 0 Å². The Morgan fingerprint density at radius 2 is 2.11 bits per heavy atom. The maximum atomic E-state index is 12.1. The molecule has 2 aliphatic rings. The van der Waals surface area contributed by atoms with E-state index in [9.17, 15) is 4.79 Å². The summed E-state index contributed by atoms with van der Waals surface area (Å²) in [4.78, 5) is 14.3. The molecule has 1 aliphatic heterocycles. The lowest BCUT2D eigenvalue weighted by atomic mass is 9.87. The van der Waals surface area contributed by atoms with E-state index in [0.29, 0.717) is 12.3 Å². The summed E-state index contributed by atoms with van der Waals surface area (Å²) in [6.07, 6.45) is 7.22. The third-order valence-corrected chi connectivity index (χ3v) is 4.44. The van der Waals surface area contributed by atoms with E-state index in [0.717, 1.165) is 19.7 Å². The Labute approximate surface area is 116 Å². The first kappa shape index (κ1) is 14.8. The molecule has 110 valence electrons. The van der Waals surface area contributed by atoms with Crippen LogP contribution in [0.1, 0.15) is 45.4 Å². The molecule has 0 aromatic rings. The van der Waals surface area contributed by atoms with Crippen molar-refractivity contribution in [1.82, 2.24) is 10.2 Å². The molecule has 1 saturated carbocycles. The molecule has 1 aliphatic carbocycles.